The van der Waals surface area contributed by atoms with Gasteiger partial charge >= 0.3 is 0 Å². The number of β-amino-alcohol motifs (C(OH)–C–C–N with tert-alkyl or cyclic N) is 1. The van der Waals surface area contributed by atoms with E-state index in [1.54, 1.807) is 0 Å². The van der Waals surface area contributed by atoms with Crippen LogP contribution in [0.3, 0.4) is 0 Å². The summed E-state index contributed by atoms with van der Waals surface area (Å²) in [6, 6.07) is 7.54. The maximum Gasteiger partial charge on any atom is 0.0900 e. The maximum atomic E-state index is 10.1. The zero-order chi connectivity index (χ0) is 16.7. The smallest absolute Gasteiger partial charge is 0.0900 e. The average molecular weight is 342 g/mol. The van der Waals surface area contributed by atoms with E-state index in [1.807, 2.05) is 24.3 Å². The molecule has 0 amide bonds. The summed E-state index contributed by atoms with van der Waals surface area (Å²) in [6.45, 7) is 5.72. The van der Waals surface area contributed by atoms with Gasteiger partial charge in [-0.05, 0) is 55.5 Å². The molecule has 0 bridgehead atoms. The number of rotatable bonds is 8. The Morgan fingerprint density at radius 3 is 2.48 bits per heavy atom. The quantitative estimate of drug-likeness (QED) is 0.763. The highest BCUT2D eigenvalue weighted by atomic mass is 35.5. The van der Waals surface area contributed by atoms with Crippen molar-refractivity contribution in [3.63, 3.8) is 0 Å². The first-order valence-electron chi connectivity index (χ1n) is 8.40. The van der Waals surface area contributed by atoms with Gasteiger partial charge in [0.2, 0.25) is 0 Å². The number of hydrogen-bond acceptors (Lipinski definition) is 4. The van der Waals surface area contributed by atoms with E-state index in [-0.39, 0.29) is 12.0 Å². The molecule has 23 heavy (non-hydrogen) atoms. The summed E-state index contributed by atoms with van der Waals surface area (Å²) in [5.74, 6) is 0. The highest BCUT2D eigenvalue weighted by molar-refractivity contribution is 6.30. The Labute approximate surface area is 144 Å². The van der Waals surface area contributed by atoms with Gasteiger partial charge in [0.05, 0.1) is 19.3 Å². The minimum Gasteiger partial charge on any atom is -0.396 e. The molecule has 1 unspecified atom stereocenters. The maximum absolute atomic E-state index is 10.1. The van der Waals surface area contributed by atoms with Crippen LogP contribution in [0.25, 0.3) is 0 Å². The Morgan fingerprint density at radius 1 is 1.26 bits per heavy atom. The average Bonchev–Trinajstić information content (AvgIpc) is 2.58. The number of nitrogens with zero attached hydrogens (tertiary/aromatic N) is 1. The minimum absolute atomic E-state index is 0.0898. The van der Waals surface area contributed by atoms with Crippen LogP contribution in [0.4, 0.5) is 0 Å². The lowest BCUT2D eigenvalue weighted by Gasteiger charge is -2.40. The van der Waals surface area contributed by atoms with E-state index in [0.29, 0.717) is 24.8 Å². The number of halogens is 1. The number of benzene rings is 1. The molecule has 5 heteroatoms. The Hall–Kier alpha value is -0.650. The van der Waals surface area contributed by atoms with Gasteiger partial charge in [-0.15, -0.1) is 0 Å². The van der Waals surface area contributed by atoms with E-state index in [0.717, 1.165) is 37.9 Å². The standard InChI is InChI=1S/C18H28ClNO3/c1-2-18(14-21)7-9-20(10-8-18)11-17(22)13-23-12-15-3-5-16(19)6-4-15/h3-6,17,21-22H,2,7-14H2,1H3. The summed E-state index contributed by atoms with van der Waals surface area (Å²) in [4.78, 5) is 2.26. The Kier molecular flexibility index (Phi) is 7.31. The van der Waals surface area contributed by atoms with E-state index < -0.39 is 6.10 Å². The van der Waals surface area contributed by atoms with Crippen LogP contribution in [0, 0.1) is 5.41 Å². The van der Waals surface area contributed by atoms with Crippen LogP contribution in [0.15, 0.2) is 24.3 Å². The van der Waals surface area contributed by atoms with Crippen LogP contribution in [0.2, 0.25) is 5.02 Å². The fraction of sp³-hybridized carbons (Fsp3) is 0.667. The van der Waals surface area contributed by atoms with Gasteiger partial charge in [0, 0.05) is 18.2 Å². The summed E-state index contributed by atoms with van der Waals surface area (Å²) in [5.41, 5.74) is 1.14. The van der Waals surface area contributed by atoms with E-state index >= 15 is 0 Å². The molecule has 130 valence electrons. The van der Waals surface area contributed by atoms with Gasteiger partial charge in [-0.1, -0.05) is 30.7 Å². The molecule has 4 nitrogen and oxygen atoms in total. The second kappa shape index (κ2) is 9.00. The van der Waals surface area contributed by atoms with Gasteiger partial charge in [-0.3, -0.25) is 0 Å². The number of likely N-dealkylation sites (tertiary alicyclic amines) is 1. The highest BCUT2D eigenvalue weighted by Gasteiger charge is 2.32. The van der Waals surface area contributed by atoms with E-state index in [1.165, 1.54) is 0 Å². The van der Waals surface area contributed by atoms with Gasteiger partial charge in [0.15, 0.2) is 0 Å². The number of hydrogen-bond donors (Lipinski definition) is 2. The van der Waals surface area contributed by atoms with Crippen LogP contribution < -0.4 is 0 Å². The van der Waals surface area contributed by atoms with Crippen LogP contribution in [0.5, 0.6) is 0 Å². The molecule has 0 spiro atoms. The van der Waals surface area contributed by atoms with Crippen molar-refractivity contribution in [2.24, 2.45) is 5.41 Å². The number of aliphatic hydroxyl groups excluding tert-OH is 2. The Balaban J connectivity index is 1.65. The van der Waals surface area contributed by atoms with Gasteiger partial charge in [0.1, 0.15) is 0 Å². The van der Waals surface area contributed by atoms with E-state index in [2.05, 4.69) is 11.8 Å². The van der Waals surface area contributed by atoms with Crippen LogP contribution in [-0.2, 0) is 11.3 Å². The molecule has 1 aliphatic heterocycles. The van der Waals surface area contributed by atoms with Crippen LogP contribution >= 0.6 is 11.6 Å². The minimum atomic E-state index is -0.481. The molecule has 0 aromatic heterocycles. The molecule has 0 aliphatic carbocycles. The number of piperidine rings is 1. The molecule has 0 radical (unpaired) electrons. The highest BCUT2D eigenvalue weighted by Crippen LogP contribution is 2.34. The molecule has 1 aromatic carbocycles. The normalized spacial score (nSPS) is 19.7. The van der Waals surface area contributed by atoms with Crippen molar-refractivity contribution in [3.05, 3.63) is 34.9 Å². The summed E-state index contributed by atoms with van der Waals surface area (Å²) >= 11 is 5.84. The predicted molar refractivity (Wildman–Crippen MR) is 92.6 cm³/mol. The van der Waals surface area contributed by atoms with E-state index in [9.17, 15) is 10.2 Å². The van der Waals surface area contributed by atoms with E-state index in [4.69, 9.17) is 16.3 Å². The molecule has 1 aliphatic rings. The molecule has 1 heterocycles. The first-order valence-corrected chi connectivity index (χ1v) is 8.78. The molecule has 1 fully saturated rings. The third kappa shape index (κ3) is 5.73. The number of aliphatic hydroxyl groups is 2. The van der Waals surface area contributed by atoms with Crippen molar-refractivity contribution >= 4 is 11.6 Å². The molecule has 2 N–H and O–H groups in total. The first-order chi connectivity index (χ1) is 11.1. The molecular formula is C18H28ClNO3. The fourth-order valence-corrected chi connectivity index (χ4v) is 3.20. The topological polar surface area (TPSA) is 52.9 Å². The predicted octanol–water partition coefficient (Wildman–Crippen LogP) is 2.70. The Morgan fingerprint density at radius 2 is 1.91 bits per heavy atom. The van der Waals surface area contributed by atoms with Crippen molar-refractivity contribution in [2.45, 2.75) is 38.9 Å². The summed E-state index contributed by atoms with van der Waals surface area (Å²) in [5, 5.41) is 20.4. The van der Waals surface area contributed by atoms with Gasteiger partial charge in [-0.2, -0.15) is 0 Å². The van der Waals surface area contributed by atoms with Gasteiger partial charge in [-0.25, -0.2) is 0 Å². The third-order valence-corrected chi connectivity index (χ3v) is 5.22. The van der Waals surface area contributed by atoms with Crippen molar-refractivity contribution < 1.29 is 14.9 Å². The second-order valence-electron chi connectivity index (χ2n) is 6.61. The molecule has 1 aromatic rings. The van der Waals surface area contributed by atoms with Gasteiger partial charge < -0.3 is 19.8 Å². The fourth-order valence-electron chi connectivity index (χ4n) is 3.08. The lowest BCUT2D eigenvalue weighted by molar-refractivity contribution is -0.0118. The van der Waals surface area contributed by atoms with Crippen molar-refractivity contribution in [2.75, 3.05) is 32.8 Å². The lowest BCUT2D eigenvalue weighted by atomic mass is 9.77. The molecule has 1 saturated heterocycles. The van der Waals surface area contributed by atoms with Crippen LogP contribution in [-0.4, -0.2) is 54.1 Å². The van der Waals surface area contributed by atoms with Crippen LogP contribution in [0.1, 0.15) is 31.7 Å². The van der Waals surface area contributed by atoms with Crippen molar-refractivity contribution in [3.8, 4) is 0 Å². The molecule has 2 rings (SSSR count). The third-order valence-electron chi connectivity index (χ3n) is 4.96. The monoisotopic (exact) mass is 341 g/mol. The second-order valence-corrected chi connectivity index (χ2v) is 7.04. The largest absolute Gasteiger partial charge is 0.396 e. The molecule has 1 atom stereocenters. The Bertz CT molecular complexity index is 452. The molecule has 0 saturated carbocycles. The summed E-state index contributed by atoms with van der Waals surface area (Å²) < 4.78 is 5.59. The SMILES string of the molecule is CCC1(CO)CCN(CC(O)COCc2ccc(Cl)cc2)CC1. The van der Waals surface area contributed by atoms with Crippen molar-refractivity contribution in [1.29, 1.82) is 0 Å². The first kappa shape index (κ1) is 18.7. The van der Waals surface area contributed by atoms with Gasteiger partial charge in [0.25, 0.3) is 0 Å². The zero-order valence-electron chi connectivity index (χ0n) is 13.9. The number of ether oxygens (including phenoxy) is 1. The summed E-state index contributed by atoms with van der Waals surface area (Å²) in [6.07, 6.45) is 2.53. The molecular weight excluding hydrogens is 314 g/mol. The van der Waals surface area contributed by atoms with Crippen molar-refractivity contribution in [1.82, 2.24) is 4.90 Å². The zero-order valence-corrected chi connectivity index (χ0v) is 14.6. The summed E-state index contributed by atoms with van der Waals surface area (Å²) in [7, 11) is 0. The lowest BCUT2D eigenvalue weighted by Crippen LogP contribution is -2.45.